The molecular weight excluding hydrogens is 280 g/mol. The number of piperidine rings is 1. The molecule has 21 heavy (non-hydrogen) atoms. The molecule has 0 amide bonds. The van der Waals surface area contributed by atoms with Crippen molar-refractivity contribution < 1.29 is 0 Å². The first-order valence-corrected chi connectivity index (χ1v) is 8.14. The first kappa shape index (κ1) is 14.7. The van der Waals surface area contributed by atoms with Gasteiger partial charge in [0.25, 0.3) is 0 Å². The van der Waals surface area contributed by atoms with Gasteiger partial charge < -0.3 is 15.1 Å². The van der Waals surface area contributed by atoms with Gasteiger partial charge in [-0.25, -0.2) is 0 Å². The summed E-state index contributed by atoms with van der Waals surface area (Å²) in [5.41, 5.74) is 2.32. The lowest BCUT2D eigenvalue weighted by molar-refractivity contribution is 0.250. The number of nitrogens with one attached hydrogen (secondary N) is 1. The molecule has 3 aliphatic rings. The van der Waals surface area contributed by atoms with Gasteiger partial charge >= 0.3 is 0 Å². The maximum atomic E-state index is 4.64. The molecule has 114 valence electrons. The number of amidine groups is 1. The van der Waals surface area contributed by atoms with Crippen molar-refractivity contribution in [3.05, 3.63) is 18.2 Å². The van der Waals surface area contributed by atoms with E-state index in [2.05, 4.69) is 50.9 Å². The second-order valence-electron chi connectivity index (χ2n) is 5.90. The van der Waals surface area contributed by atoms with Crippen LogP contribution >= 0.6 is 12.6 Å². The quantitative estimate of drug-likeness (QED) is 0.500. The summed E-state index contributed by atoms with van der Waals surface area (Å²) >= 11 is 4.64. The SMILES string of the molecule is CN=C(C)Nc1ccc(N2CCN3CCC2CC3)cc1S. The van der Waals surface area contributed by atoms with Gasteiger partial charge in [0.05, 0.1) is 11.5 Å². The number of anilines is 2. The first-order valence-electron chi connectivity index (χ1n) is 7.70. The summed E-state index contributed by atoms with van der Waals surface area (Å²) in [6.07, 6.45) is 2.56. The van der Waals surface area contributed by atoms with Crippen molar-refractivity contribution in [2.45, 2.75) is 30.7 Å². The monoisotopic (exact) mass is 304 g/mol. The van der Waals surface area contributed by atoms with Crippen molar-refractivity contribution in [2.75, 3.05) is 43.4 Å². The van der Waals surface area contributed by atoms with Crippen LogP contribution in [0.3, 0.4) is 0 Å². The molecule has 2 bridgehead atoms. The predicted octanol–water partition coefficient (Wildman–Crippen LogP) is 2.72. The van der Waals surface area contributed by atoms with Gasteiger partial charge in [-0.1, -0.05) is 0 Å². The van der Waals surface area contributed by atoms with E-state index in [1.165, 1.54) is 38.2 Å². The zero-order chi connectivity index (χ0) is 14.8. The van der Waals surface area contributed by atoms with Crippen molar-refractivity contribution in [2.24, 2.45) is 4.99 Å². The molecule has 0 radical (unpaired) electrons. The highest BCUT2D eigenvalue weighted by molar-refractivity contribution is 7.80. The van der Waals surface area contributed by atoms with Crippen LogP contribution < -0.4 is 10.2 Å². The third-order valence-electron chi connectivity index (χ3n) is 4.62. The number of nitrogens with zero attached hydrogens (tertiary/aromatic N) is 3. The van der Waals surface area contributed by atoms with Gasteiger partial charge in [-0.2, -0.15) is 0 Å². The van der Waals surface area contributed by atoms with Crippen LogP contribution in [0.4, 0.5) is 11.4 Å². The fourth-order valence-electron chi connectivity index (χ4n) is 3.28. The van der Waals surface area contributed by atoms with Crippen LogP contribution in [0.5, 0.6) is 0 Å². The minimum absolute atomic E-state index is 0.689. The highest BCUT2D eigenvalue weighted by atomic mass is 32.1. The summed E-state index contributed by atoms with van der Waals surface area (Å²) < 4.78 is 0. The lowest BCUT2D eigenvalue weighted by Gasteiger charge is -2.33. The van der Waals surface area contributed by atoms with Crippen LogP contribution in [-0.4, -0.2) is 50.0 Å². The third-order valence-corrected chi connectivity index (χ3v) is 4.99. The van der Waals surface area contributed by atoms with Crippen LogP contribution in [0, 0.1) is 0 Å². The van der Waals surface area contributed by atoms with Crippen molar-refractivity contribution in [1.29, 1.82) is 0 Å². The molecule has 0 unspecified atom stereocenters. The van der Waals surface area contributed by atoms with Crippen molar-refractivity contribution in [1.82, 2.24) is 4.90 Å². The van der Waals surface area contributed by atoms with Crippen LogP contribution in [0.25, 0.3) is 0 Å². The Morgan fingerprint density at radius 2 is 2.00 bits per heavy atom. The van der Waals surface area contributed by atoms with Gasteiger partial charge in [0.1, 0.15) is 0 Å². The Morgan fingerprint density at radius 3 is 2.67 bits per heavy atom. The van der Waals surface area contributed by atoms with Crippen molar-refractivity contribution >= 4 is 29.8 Å². The normalized spacial score (nSPS) is 25.9. The second-order valence-corrected chi connectivity index (χ2v) is 6.38. The Hall–Kier alpha value is -1.20. The standard InChI is InChI=1S/C16H24N4S/c1-12(17-2)18-15-4-3-14(11-16(15)21)20-10-9-19-7-5-13(20)6-8-19/h3-4,11,13,21H,5-10H2,1-2H3,(H,17,18). The number of thiol groups is 1. The molecular formula is C16H24N4S. The summed E-state index contributed by atoms with van der Waals surface area (Å²) in [5, 5.41) is 3.28. The highest BCUT2D eigenvalue weighted by Gasteiger charge is 2.29. The van der Waals surface area contributed by atoms with Crippen LogP contribution in [0.2, 0.25) is 0 Å². The fourth-order valence-corrected chi connectivity index (χ4v) is 3.54. The molecule has 0 spiro atoms. The molecule has 5 heteroatoms. The molecule has 3 fully saturated rings. The van der Waals surface area contributed by atoms with E-state index in [4.69, 9.17) is 0 Å². The number of aliphatic imine (C=N–C) groups is 1. The maximum absolute atomic E-state index is 4.64. The molecule has 0 aromatic heterocycles. The molecule has 1 aromatic carbocycles. The van der Waals surface area contributed by atoms with E-state index in [9.17, 15) is 0 Å². The minimum Gasteiger partial charge on any atom is -0.367 e. The summed E-state index contributed by atoms with van der Waals surface area (Å²) in [6.45, 7) is 6.77. The van der Waals surface area contributed by atoms with Gasteiger partial charge in [0.15, 0.2) is 0 Å². The van der Waals surface area contributed by atoms with Gasteiger partial charge in [0.2, 0.25) is 0 Å². The minimum atomic E-state index is 0.689. The topological polar surface area (TPSA) is 30.9 Å². The maximum Gasteiger partial charge on any atom is 0.0972 e. The van der Waals surface area contributed by atoms with E-state index in [1.54, 1.807) is 7.05 Å². The van der Waals surface area contributed by atoms with Gasteiger partial charge in [-0.15, -0.1) is 12.6 Å². The number of hydrogen-bond donors (Lipinski definition) is 2. The Balaban J connectivity index is 1.81. The molecule has 3 saturated heterocycles. The van der Waals surface area contributed by atoms with Gasteiger partial charge in [-0.05, 0) is 38.0 Å². The van der Waals surface area contributed by atoms with Gasteiger partial charge in [-0.3, -0.25) is 4.99 Å². The Morgan fingerprint density at radius 1 is 1.24 bits per heavy atom. The number of hydrogen-bond acceptors (Lipinski definition) is 4. The molecule has 0 saturated carbocycles. The molecule has 1 aromatic rings. The lowest BCUT2D eigenvalue weighted by Crippen LogP contribution is -2.37. The smallest absolute Gasteiger partial charge is 0.0972 e. The van der Waals surface area contributed by atoms with E-state index in [0.29, 0.717) is 6.04 Å². The summed E-state index contributed by atoms with van der Waals surface area (Å²) in [7, 11) is 1.79. The fraction of sp³-hybridized carbons (Fsp3) is 0.562. The third kappa shape index (κ3) is 3.19. The van der Waals surface area contributed by atoms with Crippen LogP contribution in [0.15, 0.2) is 28.1 Å². The number of fused-ring (bicyclic) bond motifs is 4. The lowest BCUT2D eigenvalue weighted by atomic mass is 10.0. The highest BCUT2D eigenvalue weighted by Crippen LogP contribution is 2.31. The van der Waals surface area contributed by atoms with Crippen LogP contribution in [-0.2, 0) is 0 Å². The molecule has 0 aliphatic carbocycles. The largest absolute Gasteiger partial charge is 0.367 e. The summed E-state index contributed by atoms with van der Waals surface area (Å²) in [6, 6.07) is 7.19. The van der Waals surface area contributed by atoms with Crippen LogP contribution in [0.1, 0.15) is 19.8 Å². The zero-order valence-electron chi connectivity index (χ0n) is 12.8. The number of benzene rings is 1. The number of rotatable bonds is 2. The molecule has 1 N–H and O–H groups in total. The first-order chi connectivity index (χ1) is 10.2. The van der Waals surface area contributed by atoms with E-state index < -0.39 is 0 Å². The van der Waals surface area contributed by atoms with Crippen molar-refractivity contribution in [3.8, 4) is 0 Å². The molecule has 4 nitrogen and oxygen atoms in total. The molecule has 0 atom stereocenters. The zero-order valence-corrected chi connectivity index (χ0v) is 13.7. The van der Waals surface area contributed by atoms with E-state index >= 15 is 0 Å². The molecule has 4 rings (SSSR count). The second kappa shape index (κ2) is 6.28. The van der Waals surface area contributed by atoms with E-state index in [1.807, 2.05) is 6.92 Å². The Kier molecular flexibility index (Phi) is 4.40. The van der Waals surface area contributed by atoms with Crippen molar-refractivity contribution in [3.63, 3.8) is 0 Å². The molecule has 3 heterocycles. The van der Waals surface area contributed by atoms with Gasteiger partial charge in [0, 0.05) is 49.9 Å². The molecule has 3 aliphatic heterocycles. The van der Waals surface area contributed by atoms with E-state index in [-0.39, 0.29) is 0 Å². The average molecular weight is 304 g/mol. The summed E-state index contributed by atoms with van der Waals surface area (Å²) in [4.78, 5) is 10.3. The summed E-state index contributed by atoms with van der Waals surface area (Å²) in [5.74, 6) is 0.902. The Bertz CT molecular complexity index is 535. The van der Waals surface area contributed by atoms with E-state index in [0.717, 1.165) is 23.0 Å². The average Bonchev–Trinajstić information content (AvgIpc) is 2.83. The Labute approximate surface area is 132 Å². The predicted molar refractivity (Wildman–Crippen MR) is 93.2 cm³/mol.